The van der Waals surface area contributed by atoms with Crippen molar-refractivity contribution in [3.8, 4) is 0 Å². The zero-order valence-electron chi connectivity index (χ0n) is 24.8. The zero-order valence-corrected chi connectivity index (χ0v) is 25.7. The molecule has 0 spiro atoms. The molecule has 38 heavy (non-hydrogen) atoms. The van der Waals surface area contributed by atoms with Gasteiger partial charge in [-0.05, 0) is 12.8 Å². The number of phosphoric acid groups is 1. The van der Waals surface area contributed by atoms with Gasteiger partial charge in [-0.2, -0.15) is 0 Å². The van der Waals surface area contributed by atoms with E-state index in [0.717, 1.165) is 12.8 Å². The Morgan fingerprint density at radius 3 is 1.79 bits per heavy atom. The van der Waals surface area contributed by atoms with Crippen LogP contribution < -0.4 is 4.89 Å². The van der Waals surface area contributed by atoms with Gasteiger partial charge in [0.1, 0.15) is 19.3 Å². The van der Waals surface area contributed by atoms with Gasteiger partial charge in [-0.1, -0.05) is 90.4 Å². The quantitative estimate of drug-likeness (QED) is 0.0671. The number of aliphatic carboxylic acids is 1. The van der Waals surface area contributed by atoms with Crippen molar-refractivity contribution < 1.29 is 42.4 Å². The van der Waals surface area contributed by atoms with E-state index in [2.05, 4.69) is 6.92 Å². The number of carboxylic acids is 1. The van der Waals surface area contributed by atoms with Crippen LogP contribution in [0, 0.1) is 0 Å². The summed E-state index contributed by atoms with van der Waals surface area (Å²) in [5, 5.41) is 8.79. The van der Waals surface area contributed by atoms with Gasteiger partial charge in [-0.15, -0.1) is 0 Å². The third-order valence-corrected chi connectivity index (χ3v) is 7.23. The van der Waals surface area contributed by atoms with Gasteiger partial charge in [0.15, 0.2) is 0 Å². The van der Waals surface area contributed by atoms with Crippen LogP contribution >= 0.6 is 7.82 Å². The van der Waals surface area contributed by atoms with Gasteiger partial charge < -0.3 is 33.0 Å². The van der Waals surface area contributed by atoms with Gasteiger partial charge in [-0.25, -0.2) is 0 Å². The Hall–Kier alpha value is -0.540. The number of phosphoric ester groups is 1. The topological polar surface area (TPSA) is 114 Å². The van der Waals surface area contributed by atoms with Gasteiger partial charge in [0.05, 0.1) is 34.4 Å². The Balaban J connectivity index is 3.98. The Labute approximate surface area is 232 Å². The van der Waals surface area contributed by atoms with Gasteiger partial charge >= 0.3 is 5.97 Å². The standard InChI is InChI=1S/C28H58NO8P/c1-5-6-7-8-9-10-11-12-13-14-15-16-17-18-22-34-25-27(35-23-19-20-28(30)31)26-37-38(32,33)36-24-21-29(2,3)4/h27H,5-26H2,1-4H3,(H-,30,31,32,33)/t27-/m1/s1. The van der Waals surface area contributed by atoms with Crippen molar-refractivity contribution >= 4 is 13.8 Å². The number of carboxylic acid groups (broad SMARTS) is 1. The molecule has 0 radical (unpaired) electrons. The van der Waals surface area contributed by atoms with Crippen molar-refractivity contribution in [1.82, 2.24) is 0 Å². The fourth-order valence-corrected chi connectivity index (χ4v) is 4.60. The highest BCUT2D eigenvalue weighted by atomic mass is 31.2. The summed E-state index contributed by atoms with van der Waals surface area (Å²) in [4.78, 5) is 22.8. The summed E-state index contributed by atoms with van der Waals surface area (Å²) in [7, 11) is 1.37. The van der Waals surface area contributed by atoms with Crippen LogP contribution in [0.5, 0.6) is 0 Å². The van der Waals surface area contributed by atoms with Gasteiger partial charge in [0, 0.05) is 19.6 Å². The molecule has 0 amide bonds. The molecular formula is C28H58NO8P. The fourth-order valence-electron chi connectivity index (χ4n) is 3.87. The van der Waals surface area contributed by atoms with Crippen LogP contribution in [0.4, 0.5) is 0 Å². The Morgan fingerprint density at radius 2 is 1.29 bits per heavy atom. The first kappa shape index (κ1) is 37.5. The van der Waals surface area contributed by atoms with Crippen molar-refractivity contribution in [1.29, 1.82) is 0 Å². The maximum Gasteiger partial charge on any atom is 0.303 e. The normalized spacial score (nSPS) is 14.4. The minimum atomic E-state index is -4.45. The second kappa shape index (κ2) is 24.3. The number of unbranched alkanes of at least 4 members (excludes halogenated alkanes) is 13. The molecule has 9 nitrogen and oxygen atoms in total. The number of carbonyl (C=O) groups is 1. The number of hydrogen-bond donors (Lipinski definition) is 1. The lowest BCUT2D eigenvalue weighted by Gasteiger charge is -2.28. The monoisotopic (exact) mass is 567 g/mol. The predicted molar refractivity (Wildman–Crippen MR) is 150 cm³/mol. The molecule has 0 heterocycles. The highest BCUT2D eigenvalue weighted by Gasteiger charge is 2.18. The van der Waals surface area contributed by atoms with E-state index in [4.69, 9.17) is 23.6 Å². The number of ether oxygens (including phenoxy) is 2. The van der Waals surface area contributed by atoms with Crippen LogP contribution in [0.25, 0.3) is 0 Å². The minimum absolute atomic E-state index is 0.0122. The first-order valence-corrected chi connectivity index (χ1v) is 16.3. The number of likely N-dealkylation sites (N-methyl/N-ethyl adjacent to an activating group) is 1. The second-order valence-electron chi connectivity index (χ2n) is 11.3. The largest absolute Gasteiger partial charge is 0.756 e. The molecule has 0 rings (SSSR count). The van der Waals surface area contributed by atoms with Crippen LogP contribution in [0.2, 0.25) is 0 Å². The van der Waals surface area contributed by atoms with Crippen molar-refractivity contribution in [2.24, 2.45) is 0 Å². The molecule has 0 aromatic carbocycles. The Bertz CT molecular complexity index is 600. The van der Waals surface area contributed by atoms with E-state index < -0.39 is 19.9 Å². The van der Waals surface area contributed by atoms with E-state index >= 15 is 0 Å². The molecule has 1 unspecified atom stereocenters. The number of quaternary nitrogens is 1. The summed E-state index contributed by atoms with van der Waals surface area (Å²) in [5.41, 5.74) is 0. The molecule has 0 aliphatic heterocycles. The van der Waals surface area contributed by atoms with Crippen molar-refractivity contribution in [3.05, 3.63) is 0 Å². The summed E-state index contributed by atoms with van der Waals surface area (Å²) < 4.78 is 33.9. The molecule has 10 heteroatoms. The summed E-state index contributed by atoms with van der Waals surface area (Å²) in [6.07, 6.45) is 17.8. The van der Waals surface area contributed by atoms with Crippen molar-refractivity contribution in [2.75, 3.05) is 60.7 Å². The zero-order chi connectivity index (χ0) is 28.5. The van der Waals surface area contributed by atoms with E-state index in [1.807, 2.05) is 21.1 Å². The average Bonchev–Trinajstić information content (AvgIpc) is 2.83. The van der Waals surface area contributed by atoms with Crippen molar-refractivity contribution in [3.63, 3.8) is 0 Å². The maximum absolute atomic E-state index is 12.1. The second-order valence-corrected chi connectivity index (χ2v) is 12.7. The SMILES string of the molecule is CCCCCCCCCCCCCCCCOC[C@H](COP(=O)([O-])OCC[N+](C)(C)C)OCCCC(=O)O. The molecule has 2 atom stereocenters. The smallest absolute Gasteiger partial charge is 0.303 e. The van der Waals surface area contributed by atoms with Crippen LogP contribution in [-0.2, 0) is 27.9 Å². The average molecular weight is 568 g/mol. The Kier molecular flexibility index (Phi) is 23.9. The van der Waals surface area contributed by atoms with Crippen LogP contribution in [0.15, 0.2) is 0 Å². The van der Waals surface area contributed by atoms with Gasteiger partial charge in [0.2, 0.25) is 0 Å². The number of hydrogen-bond acceptors (Lipinski definition) is 7. The highest BCUT2D eigenvalue weighted by molar-refractivity contribution is 7.45. The lowest BCUT2D eigenvalue weighted by atomic mass is 10.0. The van der Waals surface area contributed by atoms with E-state index in [9.17, 15) is 14.3 Å². The molecule has 1 N–H and O–H groups in total. The number of rotatable bonds is 29. The lowest BCUT2D eigenvalue weighted by Crippen LogP contribution is -2.37. The van der Waals surface area contributed by atoms with E-state index in [1.165, 1.54) is 77.0 Å². The van der Waals surface area contributed by atoms with E-state index in [-0.39, 0.29) is 32.8 Å². The minimum Gasteiger partial charge on any atom is -0.756 e. The van der Waals surface area contributed by atoms with Gasteiger partial charge in [0.25, 0.3) is 7.82 Å². The Morgan fingerprint density at radius 1 is 0.763 bits per heavy atom. The van der Waals surface area contributed by atoms with Crippen LogP contribution in [0.1, 0.15) is 110 Å². The van der Waals surface area contributed by atoms with Gasteiger partial charge in [-0.3, -0.25) is 9.36 Å². The third-order valence-electron chi connectivity index (χ3n) is 6.26. The fraction of sp³-hybridized carbons (Fsp3) is 0.964. The van der Waals surface area contributed by atoms with Crippen molar-refractivity contribution in [2.45, 2.75) is 116 Å². The van der Waals surface area contributed by atoms with Crippen LogP contribution in [0.3, 0.4) is 0 Å². The third kappa shape index (κ3) is 28.5. The van der Waals surface area contributed by atoms with E-state index in [0.29, 0.717) is 24.1 Å². The summed E-state index contributed by atoms with van der Waals surface area (Å²) >= 11 is 0. The molecular weight excluding hydrogens is 509 g/mol. The number of nitrogens with zero attached hydrogens (tertiary/aromatic N) is 1. The van der Waals surface area contributed by atoms with E-state index in [1.54, 1.807) is 0 Å². The lowest BCUT2D eigenvalue weighted by molar-refractivity contribution is -0.870. The highest BCUT2D eigenvalue weighted by Crippen LogP contribution is 2.38. The molecule has 0 bridgehead atoms. The summed E-state index contributed by atoms with van der Waals surface area (Å²) in [6.45, 7) is 3.53. The predicted octanol–water partition coefficient (Wildman–Crippen LogP) is 5.94. The van der Waals surface area contributed by atoms with Crippen LogP contribution in [-0.4, -0.2) is 82.4 Å². The summed E-state index contributed by atoms with van der Waals surface area (Å²) in [5.74, 6) is -0.898. The molecule has 0 aliphatic rings. The molecule has 0 aromatic rings. The molecule has 228 valence electrons. The maximum atomic E-state index is 12.1. The first-order chi connectivity index (χ1) is 18.1. The molecule has 0 saturated heterocycles. The molecule has 0 aliphatic carbocycles. The first-order valence-electron chi connectivity index (χ1n) is 14.9. The molecule has 0 fully saturated rings. The summed E-state index contributed by atoms with van der Waals surface area (Å²) in [6, 6.07) is 0. The molecule has 0 saturated carbocycles. The molecule has 0 aromatic heterocycles.